The van der Waals surface area contributed by atoms with Crippen LogP contribution in [0.1, 0.15) is 51.2 Å². The number of nitrogens with two attached hydrogens (primary N) is 1. The van der Waals surface area contributed by atoms with E-state index in [0.717, 1.165) is 50.2 Å². The Morgan fingerprint density at radius 2 is 2.05 bits per heavy atom. The molecule has 1 heterocycles. The van der Waals surface area contributed by atoms with E-state index in [1.807, 2.05) is 11.6 Å². The molecule has 2 aliphatic carbocycles. The summed E-state index contributed by atoms with van der Waals surface area (Å²) in [7, 11) is 0. The Labute approximate surface area is 125 Å². The van der Waals surface area contributed by atoms with Crippen LogP contribution in [0.3, 0.4) is 0 Å². The molecule has 0 bridgehead atoms. The summed E-state index contributed by atoms with van der Waals surface area (Å²) in [5.41, 5.74) is 5.16. The topological polar surface area (TPSA) is 85.8 Å². The molecular formula is C15H25N5O. The highest BCUT2D eigenvalue weighted by atomic mass is 16.1. The molecule has 0 aromatic carbocycles. The number of primary amides is 1. The van der Waals surface area contributed by atoms with Crippen LogP contribution in [0, 0.1) is 5.92 Å². The van der Waals surface area contributed by atoms with Crippen molar-refractivity contribution in [3.63, 3.8) is 0 Å². The summed E-state index contributed by atoms with van der Waals surface area (Å²) in [6.45, 7) is 4.63. The molecule has 0 radical (unpaired) electrons. The summed E-state index contributed by atoms with van der Waals surface area (Å²) in [6.07, 6.45) is 6.04. The largest absolute Gasteiger partial charge is 0.368 e. The highest BCUT2D eigenvalue weighted by molar-refractivity contribution is 5.85. The Morgan fingerprint density at radius 3 is 2.52 bits per heavy atom. The van der Waals surface area contributed by atoms with Crippen LogP contribution in [-0.4, -0.2) is 32.3 Å². The fraction of sp³-hybridized carbons (Fsp3) is 0.800. The predicted molar refractivity (Wildman–Crippen MR) is 79.6 cm³/mol. The van der Waals surface area contributed by atoms with E-state index in [0.29, 0.717) is 18.5 Å². The molecule has 2 fully saturated rings. The molecule has 6 nitrogen and oxygen atoms in total. The first-order valence-corrected chi connectivity index (χ1v) is 8.09. The Bertz CT molecular complexity index is 532. The second-order valence-electron chi connectivity index (χ2n) is 6.34. The smallest absolute Gasteiger partial charge is 0.239 e. The lowest BCUT2D eigenvalue weighted by molar-refractivity contribution is -0.126. The van der Waals surface area contributed by atoms with Crippen LogP contribution < -0.4 is 11.1 Å². The van der Waals surface area contributed by atoms with Crippen molar-refractivity contribution >= 4 is 5.91 Å². The third-order valence-corrected chi connectivity index (χ3v) is 4.58. The van der Waals surface area contributed by atoms with Gasteiger partial charge in [0.2, 0.25) is 5.91 Å². The van der Waals surface area contributed by atoms with E-state index in [1.54, 1.807) is 0 Å². The average molecular weight is 291 g/mol. The maximum absolute atomic E-state index is 12.2. The standard InChI is InChI=1S/C15H25N5O/c1-3-12-17-13(4-2)20(19-12)9-15(14(16)21,10-5-6-10)18-11-7-8-11/h10-11,18H,3-9H2,1-2H3,(H2,16,21). The van der Waals surface area contributed by atoms with Gasteiger partial charge in [-0.25, -0.2) is 9.67 Å². The van der Waals surface area contributed by atoms with E-state index < -0.39 is 5.54 Å². The highest BCUT2D eigenvalue weighted by Gasteiger charge is 2.52. The normalized spacial score (nSPS) is 21.2. The Morgan fingerprint density at radius 1 is 1.33 bits per heavy atom. The number of hydrogen-bond donors (Lipinski definition) is 2. The number of carbonyl (C=O) groups is 1. The lowest BCUT2D eigenvalue weighted by Crippen LogP contribution is -2.60. The third-order valence-electron chi connectivity index (χ3n) is 4.58. The van der Waals surface area contributed by atoms with Gasteiger partial charge in [-0.15, -0.1) is 0 Å². The maximum Gasteiger partial charge on any atom is 0.239 e. The van der Waals surface area contributed by atoms with Gasteiger partial charge in [-0.3, -0.25) is 10.1 Å². The molecule has 0 spiro atoms. The quantitative estimate of drug-likeness (QED) is 0.741. The Hall–Kier alpha value is -1.43. The molecule has 6 heteroatoms. The molecule has 1 amide bonds. The zero-order valence-electron chi connectivity index (χ0n) is 12.9. The monoisotopic (exact) mass is 291 g/mol. The lowest BCUT2D eigenvalue weighted by atomic mass is 9.91. The van der Waals surface area contributed by atoms with E-state index in [2.05, 4.69) is 22.3 Å². The van der Waals surface area contributed by atoms with Gasteiger partial charge in [-0.05, 0) is 31.6 Å². The van der Waals surface area contributed by atoms with Crippen molar-refractivity contribution in [3.8, 4) is 0 Å². The first-order valence-electron chi connectivity index (χ1n) is 8.09. The third kappa shape index (κ3) is 2.81. The molecule has 1 aromatic heterocycles. The molecule has 116 valence electrons. The molecule has 0 saturated heterocycles. The van der Waals surface area contributed by atoms with Crippen molar-refractivity contribution in [2.24, 2.45) is 11.7 Å². The van der Waals surface area contributed by atoms with Gasteiger partial charge < -0.3 is 5.73 Å². The zero-order valence-corrected chi connectivity index (χ0v) is 12.9. The number of amides is 1. The molecule has 21 heavy (non-hydrogen) atoms. The molecule has 2 saturated carbocycles. The summed E-state index contributed by atoms with van der Waals surface area (Å²) >= 11 is 0. The van der Waals surface area contributed by atoms with Crippen LogP contribution >= 0.6 is 0 Å². The van der Waals surface area contributed by atoms with Crippen molar-refractivity contribution < 1.29 is 4.79 Å². The molecule has 0 aliphatic heterocycles. The molecule has 2 aliphatic rings. The SMILES string of the molecule is CCc1nc(CC)n(CC(NC2CC2)(C(N)=O)C2CC2)n1. The van der Waals surface area contributed by atoms with Crippen molar-refractivity contribution in [2.75, 3.05) is 0 Å². The minimum atomic E-state index is -0.649. The second-order valence-corrected chi connectivity index (χ2v) is 6.34. The average Bonchev–Trinajstić information content (AvgIpc) is 3.36. The van der Waals surface area contributed by atoms with Gasteiger partial charge in [-0.2, -0.15) is 5.10 Å². The lowest BCUT2D eigenvalue weighted by Gasteiger charge is -2.32. The summed E-state index contributed by atoms with van der Waals surface area (Å²) in [5, 5.41) is 8.09. The predicted octanol–water partition coefficient (Wildman–Crippen LogP) is 0.789. The van der Waals surface area contributed by atoms with E-state index >= 15 is 0 Å². The van der Waals surface area contributed by atoms with Crippen LogP contribution in [-0.2, 0) is 24.2 Å². The summed E-state index contributed by atoms with van der Waals surface area (Å²) in [6, 6.07) is 0.442. The molecule has 1 atom stereocenters. The van der Waals surface area contributed by atoms with Gasteiger partial charge in [0.05, 0.1) is 6.54 Å². The number of rotatable bonds is 8. The van der Waals surface area contributed by atoms with Crippen molar-refractivity contribution in [1.82, 2.24) is 20.1 Å². The van der Waals surface area contributed by atoms with Gasteiger partial charge >= 0.3 is 0 Å². The fourth-order valence-corrected chi connectivity index (χ4v) is 3.01. The molecule has 1 aromatic rings. The Kier molecular flexibility index (Phi) is 3.73. The van der Waals surface area contributed by atoms with Gasteiger partial charge in [0.1, 0.15) is 11.4 Å². The van der Waals surface area contributed by atoms with Crippen LogP contribution in [0.4, 0.5) is 0 Å². The van der Waals surface area contributed by atoms with Gasteiger partial charge in [-0.1, -0.05) is 13.8 Å². The van der Waals surface area contributed by atoms with E-state index in [9.17, 15) is 4.79 Å². The molecule has 3 rings (SSSR count). The first kappa shape index (κ1) is 14.5. The number of nitrogens with one attached hydrogen (secondary N) is 1. The number of carbonyl (C=O) groups excluding carboxylic acids is 1. The van der Waals surface area contributed by atoms with Crippen LogP contribution in [0.5, 0.6) is 0 Å². The number of aryl methyl sites for hydroxylation is 2. The van der Waals surface area contributed by atoms with E-state index in [4.69, 9.17) is 5.73 Å². The van der Waals surface area contributed by atoms with Crippen molar-refractivity contribution in [2.45, 2.75) is 70.5 Å². The zero-order chi connectivity index (χ0) is 15.0. The maximum atomic E-state index is 12.2. The van der Waals surface area contributed by atoms with Crippen molar-refractivity contribution in [3.05, 3.63) is 11.6 Å². The van der Waals surface area contributed by atoms with Crippen LogP contribution in [0.2, 0.25) is 0 Å². The highest BCUT2D eigenvalue weighted by Crippen LogP contribution is 2.42. The minimum Gasteiger partial charge on any atom is -0.368 e. The van der Waals surface area contributed by atoms with Crippen LogP contribution in [0.15, 0.2) is 0 Å². The van der Waals surface area contributed by atoms with E-state index in [1.165, 1.54) is 0 Å². The summed E-state index contributed by atoms with van der Waals surface area (Å²) in [5.74, 6) is 1.88. The first-order chi connectivity index (χ1) is 10.1. The number of aromatic nitrogens is 3. The van der Waals surface area contributed by atoms with Gasteiger partial charge in [0.25, 0.3) is 0 Å². The second kappa shape index (κ2) is 5.40. The summed E-state index contributed by atoms with van der Waals surface area (Å²) < 4.78 is 1.90. The number of nitrogens with zero attached hydrogens (tertiary/aromatic N) is 3. The molecule has 3 N–H and O–H groups in total. The van der Waals surface area contributed by atoms with Gasteiger partial charge in [0, 0.05) is 18.9 Å². The fourth-order valence-electron chi connectivity index (χ4n) is 3.01. The number of hydrogen-bond acceptors (Lipinski definition) is 4. The van der Waals surface area contributed by atoms with E-state index in [-0.39, 0.29) is 5.91 Å². The molecule has 1 unspecified atom stereocenters. The van der Waals surface area contributed by atoms with Gasteiger partial charge in [0.15, 0.2) is 5.82 Å². The summed E-state index contributed by atoms with van der Waals surface area (Å²) in [4.78, 5) is 16.8. The van der Waals surface area contributed by atoms with Crippen molar-refractivity contribution in [1.29, 1.82) is 0 Å². The Balaban J connectivity index is 1.89. The van der Waals surface area contributed by atoms with Crippen LogP contribution in [0.25, 0.3) is 0 Å². The minimum absolute atomic E-state index is 0.243. The molecular weight excluding hydrogens is 266 g/mol.